The van der Waals surface area contributed by atoms with Crippen LogP contribution in [0.15, 0.2) is 72.8 Å². The number of fused-ring (bicyclic) bond motifs is 1. The van der Waals surface area contributed by atoms with Crippen molar-refractivity contribution in [1.29, 1.82) is 0 Å². The molecule has 8 nitrogen and oxygen atoms in total. The predicted octanol–water partition coefficient (Wildman–Crippen LogP) is 5.37. The van der Waals surface area contributed by atoms with Crippen molar-refractivity contribution in [3.8, 4) is 0 Å². The fourth-order valence-electron chi connectivity index (χ4n) is 5.96. The number of alkyl halides is 6. The Morgan fingerprint density at radius 1 is 0.830 bits per heavy atom. The third kappa shape index (κ3) is 7.53. The van der Waals surface area contributed by atoms with Crippen molar-refractivity contribution in [3.05, 3.63) is 106 Å². The van der Waals surface area contributed by atoms with Crippen LogP contribution in [0.2, 0.25) is 0 Å². The SMILES string of the molecule is Cc1ccc(C[C@@H]2CN(C(=O)OCc3cc(C(F)(F)F)cc(C(F)(F)F)c3)[C@H]3CN(Cc4ccccc4)C(=O)[C@H](CN)N3C2=O)cc1. The number of amides is 3. The molecule has 14 heteroatoms. The molecule has 2 fully saturated rings. The van der Waals surface area contributed by atoms with E-state index in [2.05, 4.69) is 0 Å². The minimum absolute atomic E-state index is 0.0115. The molecule has 0 radical (unpaired) electrons. The highest BCUT2D eigenvalue weighted by Crippen LogP contribution is 2.37. The maximum atomic E-state index is 13.9. The molecule has 2 heterocycles. The summed E-state index contributed by atoms with van der Waals surface area (Å²) in [5.74, 6) is -1.67. The summed E-state index contributed by atoms with van der Waals surface area (Å²) >= 11 is 0. The smallest absolute Gasteiger partial charge is 0.416 e. The van der Waals surface area contributed by atoms with E-state index in [-0.39, 0.29) is 38.7 Å². The van der Waals surface area contributed by atoms with E-state index >= 15 is 0 Å². The Morgan fingerprint density at radius 3 is 2.02 bits per heavy atom. The highest BCUT2D eigenvalue weighted by molar-refractivity contribution is 5.92. The molecule has 5 rings (SSSR count). The van der Waals surface area contributed by atoms with Gasteiger partial charge >= 0.3 is 18.4 Å². The molecule has 0 aliphatic carbocycles. The molecule has 0 bridgehead atoms. The number of ether oxygens (including phenoxy) is 1. The van der Waals surface area contributed by atoms with Gasteiger partial charge < -0.3 is 20.3 Å². The molecule has 2 aliphatic rings. The first-order valence-corrected chi connectivity index (χ1v) is 14.8. The lowest BCUT2D eigenvalue weighted by molar-refractivity contribution is -0.172. The lowest BCUT2D eigenvalue weighted by atomic mass is 9.91. The zero-order chi connectivity index (χ0) is 34.1. The van der Waals surface area contributed by atoms with E-state index in [0.717, 1.165) is 16.7 Å². The van der Waals surface area contributed by atoms with Gasteiger partial charge in [0.2, 0.25) is 11.8 Å². The van der Waals surface area contributed by atoms with Crippen molar-refractivity contribution in [2.75, 3.05) is 19.6 Å². The van der Waals surface area contributed by atoms with Gasteiger partial charge in [0.15, 0.2) is 0 Å². The van der Waals surface area contributed by atoms with Gasteiger partial charge in [0.1, 0.15) is 18.8 Å². The van der Waals surface area contributed by atoms with E-state index in [1.807, 2.05) is 31.2 Å². The van der Waals surface area contributed by atoms with Crippen LogP contribution < -0.4 is 5.73 Å². The Hall–Kier alpha value is -4.59. The molecule has 0 saturated carbocycles. The quantitative estimate of drug-likeness (QED) is 0.344. The van der Waals surface area contributed by atoms with Gasteiger partial charge in [-0.2, -0.15) is 26.3 Å². The van der Waals surface area contributed by atoms with Crippen molar-refractivity contribution in [2.24, 2.45) is 11.7 Å². The van der Waals surface area contributed by atoms with E-state index in [4.69, 9.17) is 10.5 Å². The number of hydrogen-bond acceptors (Lipinski definition) is 5. The number of benzene rings is 3. The van der Waals surface area contributed by atoms with Crippen LogP contribution in [0.25, 0.3) is 0 Å². The maximum Gasteiger partial charge on any atom is 0.416 e. The molecule has 250 valence electrons. The number of halogens is 6. The third-order valence-electron chi connectivity index (χ3n) is 8.30. The van der Waals surface area contributed by atoms with Gasteiger partial charge in [-0.05, 0) is 48.2 Å². The average molecular weight is 663 g/mol. The summed E-state index contributed by atoms with van der Waals surface area (Å²) in [6, 6.07) is 16.2. The number of carbonyl (C=O) groups is 3. The fraction of sp³-hybridized carbons (Fsp3) is 0.364. The second kappa shape index (κ2) is 13.3. The maximum absolute atomic E-state index is 13.9. The predicted molar refractivity (Wildman–Crippen MR) is 157 cm³/mol. The lowest BCUT2D eigenvalue weighted by Gasteiger charge is -2.53. The van der Waals surface area contributed by atoms with E-state index in [0.29, 0.717) is 12.1 Å². The Labute approximate surface area is 266 Å². The molecule has 3 amide bonds. The highest BCUT2D eigenvalue weighted by atomic mass is 19.4. The average Bonchev–Trinajstić information content (AvgIpc) is 3.02. The van der Waals surface area contributed by atoms with Crippen LogP contribution in [0.4, 0.5) is 31.1 Å². The standard InChI is InChI=1S/C33H32F6N4O4/c1-20-7-9-21(10-8-20)11-24-17-42(31(46)47-19-23-12-25(32(34,35)36)14-26(13-23)33(37,38)39)28-18-41(16-22-5-3-2-4-6-22)30(45)27(15-40)43(28)29(24)44/h2-10,12-14,24,27-28H,11,15-19,40H2,1H3/t24-,27+,28-/m1/s1. The summed E-state index contributed by atoms with van der Waals surface area (Å²) in [7, 11) is 0. The molecule has 3 atom stereocenters. The van der Waals surface area contributed by atoms with Gasteiger partial charge in [0.25, 0.3) is 0 Å². The van der Waals surface area contributed by atoms with Gasteiger partial charge in [-0.1, -0.05) is 60.2 Å². The van der Waals surface area contributed by atoms with Gasteiger partial charge in [-0.3, -0.25) is 14.5 Å². The van der Waals surface area contributed by atoms with Crippen molar-refractivity contribution in [3.63, 3.8) is 0 Å². The molecule has 2 saturated heterocycles. The summed E-state index contributed by atoms with van der Waals surface area (Å²) in [5.41, 5.74) is 4.97. The van der Waals surface area contributed by atoms with Crippen LogP contribution in [0.5, 0.6) is 0 Å². The second-order valence-corrected chi connectivity index (χ2v) is 11.7. The number of carbonyl (C=O) groups excluding carboxylic acids is 3. The lowest BCUT2D eigenvalue weighted by Crippen LogP contribution is -2.74. The third-order valence-corrected chi connectivity index (χ3v) is 8.30. The normalized spacial score (nSPS) is 20.3. The molecule has 2 aliphatic heterocycles. The number of hydrogen-bond donors (Lipinski definition) is 1. The first-order chi connectivity index (χ1) is 22.2. The zero-order valence-corrected chi connectivity index (χ0v) is 25.2. The molecule has 3 aromatic carbocycles. The van der Waals surface area contributed by atoms with Gasteiger partial charge in [0, 0.05) is 19.6 Å². The van der Waals surface area contributed by atoms with E-state index in [9.17, 15) is 40.7 Å². The minimum atomic E-state index is -5.08. The molecule has 0 aromatic heterocycles. The van der Waals surface area contributed by atoms with Crippen LogP contribution in [-0.2, 0) is 46.3 Å². The Bertz CT molecular complexity index is 1580. The zero-order valence-electron chi connectivity index (χ0n) is 25.2. The molecule has 2 N–H and O–H groups in total. The molecular weight excluding hydrogens is 630 g/mol. The summed E-state index contributed by atoms with van der Waals surface area (Å²) in [4.78, 5) is 45.1. The highest BCUT2D eigenvalue weighted by Gasteiger charge is 2.51. The first kappa shape index (κ1) is 33.8. The molecule has 0 spiro atoms. The molecule has 3 aromatic rings. The van der Waals surface area contributed by atoms with Crippen molar-refractivity contribution >= 4 is 17.9 Å². The fourth-order valence-corrected chi connectivity index (χ4v) is 5.96. The van der Waals surface area contributed by atoms with E-state index in [1.165, 1.54) is 14.7 Å². The number of nitrogens with two attached hydrogens (primary N) is 1. The van der Waals surface area contributed by atoms with E-state index in [1.54, 1.807) is 30.3 Å². The first-order valence-electron chi connectivity index (χ1n) is 14.8. The van der Waals surface area contributed by atoms with Crippen molar-refractivity contribution < 1.29 is 45.5 Å². The van der Waals surface area contributed by atoms with Crippen molar-refractivity contribution in [2.45, 2.75) is 51.1 Å². The number of aryl methyl sites for hydroxylation is 1. The number of piperazine rings is 1. The topological polar surface area (TPSA) is 96.2 Å². The minimum Gasteiger partial charge on any atom is -0.444 e. The monoisotopic (exact) mass is 662 g/mol. The van der Waals surface area contributed by atoms with Crippen LogP contribution in [-0.4, -0.2) is 64.4 Å². The Balaban J connectivity index is 1.45. The van der Waals surface area contributed by atoms with Crippen LogP contribution >= 0.6 is 0 Å². The molecular formula is C33H32F6N4O4. The largest absolute Gasteiger partial charge is 0.444 e. The molecule has 47 heavy (non-hydrogen) atoms. The van der Waals surface area contributed by atoms with Crippen molar-refractivity contribution in [1.82, 2.24) is 14.7 Å². The Kier molecular flexibility index (Phi) is 9.53. The summed E-state index contributed by atoms with van der Waals surface area (Å²) in [6.07, 6.45) is -12.1. The van der Waals surface area contributed by atoms with Gasteiger partial charge in [0.05, 0.1) is 23.6 Å². The summed E-state index contributed by atoms with van der Waals surface area (Å²) in [5, 5.41) is 0. The Morgan fingerprint density at radius 2 is 1.45 bits per heavy atom. The summed E-state index contributed by atoms with van der Waals surface area (Å²) in [6.45, 7) is 0.592. The summed E-state index contributed by atoms with van der Waals surface area (Å²) < 4.78 is 85.9. The van der Waals surface area contributed by atoms with Gasteiger partial charge in [-0.25, -0.2) is 4.79 Å². The number of rotatable bonds is 7. The van der Waals surface area contributed by atoms with Crippen LogP contribution in [0.1, 0.15) is 33.4 Å². The second-order valence-electron chi connectivity index (χ2n) is 11.7. The van der Waals surface area contributed by atoms with E-state index < -0.39 is 71.7 Å². The van der Waals surface area contributed by atoms with Crippen LogP contribution in [0, 0.1) is 12.8 Å². The van der Waals surface area contributed by atoms with Gasteiger partial charge in [-0.15, -0.1) is 0 Å². The number of nitrogens with zero attached hydrogens (tertiary/aromatic N) is 3. The van der Waals surface area contributed by atoms with Crippen LogP contribution in [0.3, 0.4) is 0 Å². The molecule has 0 unspecified atom stereocenters.